The van der Waals surface area contributed by atoms with E-state index in [0.29, 0.717) is 5.58 Å². The molecule has 5 nitrogen and oxygen atoms in total. The van der Waals surface area contributed by atoms with Crippen LogP contribution in [0.2, 0.25) is 0 Å². The van der Waals surface area contributed by atoms with E-state index in [0.717, 1.165) is 0 Å². The van der Waals surface area contributed by atoms with Crippen molar-refractivity contribution in [3.05, 3.63) is 23.8 Å². The summed E-state index contributed by atoms with van der Waals surface area (Å²) in [6.45, 7) is -0.273. The maximum absolute atomic E-state index is 13.2. The topological polar surface area (TPSA) is 72.4 Å². The number of nitrogens with two attached hydrogens (primary N) is 1. The number of benzene rings is 1. The Balaban J connectivity index is 2.03. The van der Waals surface area contributed by atoms with Gasteiger partial charge in [-0.3, -0.25) is 4.79 Å². The summed E-state index contributed by atoms with van der Waals surface area (Å²) >= 11 is 0. The van der Waals surface area contributed by atoms with E-state index in [1.807, 2.05) is 0 Å². The predicted molar refractivity (Wildman–Crippen MR) is 63.1 cm³/mol. The molecular weight excluding hydrogens is 256 g/mol. The quantitative estimate of drug-likeness (QED) is 0.895. The van der Waals surface area contributed by atoms with Gasteiger partial charge in [-0.2, -0.15) is 4.98 Å². The van der Waals surface area contributed by atoms with Crippen molar-refractivity contribution in [1.82, 2.24) is 4.98 Å². The van der Waals surface area contributed by atoms with Crippen molar-refractivity contribution in [2.24, 2.45) is 5.73 Å². The third-order valence-electron chi connectivity index (χ3n) is 3.03. The minimum atomic E-state index is -2.74. The molecule has 1 radical (unpaired) electrons. The van der Waals surface area contributed by atoms with Crippen molar-refractivity contribution < 1.29 is 18.0 Å². The number of nitrogens with zero attached hydrogens (tertiary/aromatic N) is 2. The van der Waals surface area contributed by atoms with Crippen LogP contribution < -0.4 is 10.6 Å². The van der Waals surface area contributed by atoms with Crippen LogP contribution in [0, 0.1) is 6.07 Å². The molecule has 99 valence electrons. The Labute approximate surface area is 107 Å². The van der Waals surface area contributed by atoms with Crippen LogP contribution in [0.15, 0.2) is 16.5 Å². The van der Waals surface area contributed by atoms with E-state index >= 15 is 0 Å². The molecule has 0 spiro atoms. The number of alkyl halides is 2. The lowest BCUT2D eigenvalue weighted by Crippen LogP contribution is -2.25. The number of anilines is 1. The third-order valence-corrected chi connectivity index (χ3v) is 3.03. The lowest BCUT2D eigenvalue weighted by atomic mass is 10.2. The Bertz CT molecular complexity index is 653. The van der Waals surface area contributed by atoms with E-state index in [4.69, 9.17) is 10.2 Å². The molecule has 1 amide bonds. The first-order valence-electron chi connectivity index (χ1n) is 5.70. The first-order chi connectivity index (χ1) is 8.96. The van der Waals surface area contributed by atoms with E-state index < -0.39 is 18.4 Å². The summed E-state index contributed by atoms with van der Waals surface area (Å²) in [5.41, 5.74) is 5.88. The van der Waals surface area contributed by atoms with E-state index in [1.165, 1.54) is 11.0 Å². The molecule has 2 heterocycles. The molecule has 0 aliphatic carbocycles. The summed E-state index contributed by atoms with van der Waals surface area (Å²) in [7, 11) is 0. The van der Waals surface area contributed by atoms with Crippen LogP contribution in [0.1, 0.15) is 16.8 Å². The summed E-state index contributed by atoms with van der Waals surface area (Å²) in [6.07, 6.45) is -0.236. The Morgan fingerprint density at radius 2 is 2.37 bits per heavy atom. The van der Waals surface area contributed by atoms with Gasteiger partial charge in [0.1, 0.15) is 5.52 Å². The number of halogens is 2. The molecule has 19 heavy (non-hydrogen) atoms. The van der Waals surface area contributed by atoms with Gasteiger partial charge < -0.3 is 15.1 Å². The van der Waals surface area contributed by atoms with Gasteiger partial charge in [0.2, 0.25) is 0 Å². The van der Waals surface area contributed by atoms with Gasteiger partial charge in [0.25, 0.3) is 17.8 Å². The van der Waals surface area contributed by atoms with E-state index in [-0.39, 0.29) is 30.1 Å². The molecule has 0 saturated carbocycles. The van der Waals surface area contributed by atoms with Crippen molar-refractivity contribution in [1.29, 1.82) is 0 Å². The van der Waals surface area contributed by atoms with Gasteiger partial charge in [0.05, 0.1) is 12.1 Å². The summed E-state index contributed by atoms with van der Waals surface area (Å²) in [6, 6.07) is 5.79. The van der Waals surface area contributed by atoms with Crippen molar-refractivity contribution in [2.45, 2.75) is 12.3 Å². The third kappa shape index (κ3) is 2.00. The molecule has 7 heteroatoms. The highest BCUT2D eigenvalue weighted by Crippen LogP contribution is 2.32. The number of primary amides is 1. The lowest BCUT2D eigenvalue weighted by Gasteiger charge is -2.12. The van der Waals surface area contributed by atoms with Crippen LogP contribution in [0.25, 0.3) is 11.1 Å². The molecule has 1 aliphatic rings. The Kier molecular flexibility index (Phi) is 2.44. The highest BCUT2D eigenvalue weighted by atomic mass is 19.3. The van der Waals surface area contributed by atoms with Crippen LogP contribution in [0.4, 0.5) is 14.8 Å². The number of hydrogen-bond donors (Lipinski definition) is 1. The standard InChI is InChI=1S/C12H10F2N3O2/c13-12(14)4-5-17(6-12)11-16-9-7(10(15)18)2-1-3-8(9)19-11/h1,3H,4-6H2,(H2,15,18). The summed E-state index contributed by atoms with van der Waals surface area (Å²) in [5.74, 6) is -3.42. The largest absolute Gasteiger partial charge is 0.423 e. The van der Waals surface area contributed by atoms with Crippen molar-refractivity contribution in [2.75, 3.05) is 18.0 Å². The van der Waals surface area contributed by atoms with E-state index in [9.17, 15) is 13.6 Å². The van der Waals surface area contributed by atoms with Crippen LogP contribution >= 0.6 is 0 Å². The second-order valence-electron chi connectivity index (χ2n) is 4.45. The maximum atomic E-state index is 13.2. The zero-order valence-electron chi connectivity index (χ0n) is 9.82. The Hall–Kier alpha value is -2.18. The molecule has 1 fully saturated rings. The van der Waals surface area contributed by atoms with Gasteiger partial charge in [-0.15, -0.1) is 0 Å². The van der Waals surface area contributed by atoms with Gasteiger partial charge in [-0.1, -0.05) is 0 Å². The number of amides is 1. The maximum Gasteiger partial charge on any atom is 0.298 e. The van der Waals surface area contributed by atoms with Gasteiger partial charge in [0.15, 0.2) is 5.58 Å². The zero-order valence-corrected chi connectivity index (χ0v) is 9.82. The average molecular weight is 266 g/mol. The SMILES string of the molecule is NC(=O)c1[c]ccc2oc(N3CCC(F)(F)C3)nc12. The number of rotatable bonds is 2. The number of oxazole rings is 1. The Morgan fingerprint density at radius 1 is 1.58 bits per heavy atom. The van der Waals surface area contributed by atoms with Crippen LogP contribution in [-0.2, 0) is 0 Å². The molecule has 2 aromatic rings. The summed E-state index contributed by atoms with van der Waals surface area (Å²) in [4.78, 5) is 16.7. The van der Waals surface area contributed by atoms with Crippen molar-refractivity contribution >= 4 is 23.0 Å². The molecule has 1 aromatic carbocycles. The molecule has 3 rings (SSSR count). The van der Waals surface area contributed by atoms with Crippen LogP contribution in [0.5, 0.6) is 0 Å². The molecule has 0 unspecified atom stereocenters. The number of carbonyl (C=O) groups excluding carboxylic acids is 1. The fourth-order valence-corrected chi connectivity index (χ4v) is 2.10. The summed E-state index contributed by atoms with van der Waals surface area (Å²) in [5, 5.41) is 0. The number of carbonyl (C=O) groups is 1. The predicted octanol–water partition coefficient (Wildman–Crippen LogP) is 1.57. The van der Waals surface area contributed by atoms with Gasteiger partial charge in [0, 0.05) is 13.0 Å². The smallest absolute Gasteiger partial charge is 0.298 e. The monoisotopic (exact) mass is 266 g/mol. The summed E-state index contributed by atoms with van der Waals surface area (Å²) < 4.78 is 31.7. The molecule has 1 aromatic heterocycles. The second-order valence-corrected chi connectivity index (χ2v) is 4.45. The van der Waals surface area contributed by atoms with Gasteiger partial charge >= 0.3 is 0 Å². The first kappa shape index (κ1) is 11.9. The van der Waals surface area contributed by atoms with Gasteiger partial charge in [-0.05, 0) is 18.2 Å². The number of aromatic nitrogens is 1. The highest BCUT2D eigenvalue weighted by molar-refractivity contribution is 6.03. The van der Waals surface area contributed by atoms with E-state index in [2.05, 4.69) is 11.1 Å². The van der Waals surface area contributed by atoms with Crippen LogP contribution in [0.3, 0.4) is 0 Å². The molecular formula is C12H10F2N3O2. The minimum absolute atomic E-state index is 0.0780. The minimum Gasteiger partial charge on any atom is -0.423 e. The molecule has 2 N–H and O–H groups in total. The van der Waals surface area contributed by atoms with Crippen molar-refractivity contribution in [3.63, 3.8) is 0 Å². The first-order valence-corrected chi connectivity index (χ1v) is 5.70. The highest BCUT2D eigenvalue weighted by Gasteiger charge is 2.40. The number of hydrogen-bond acceptors (Lipinski definition) is 4. The molecule has 1 aliphatic heterocycles. The molecule has 0 bridgehead atoms. The fraction of sp³-hybridized carbons (Fsp3) is 0.333. The fourth-order valence-electron chi connectivity index (χ4n) is 2.10. The van der Waals surface area contributed by atoms with Crippen LogP contribution in [-0.4, -0.2) is 29.9 Å². The van der Waals surface area contributed by atoms with Gasteiger partial charge in [-0.25, -0.2) is 8.78 Å². The zero-order chi connectivity index (χ0) is 13.6. The van der Waals surface area contributed by atoms with Crippen molar-refractivity contribution in [3.8, 4) is 0 Å². The van der Waals surface area contributed by atoms with E-state index in [1.54, 1.807) is 6.07 Å². The Morgan fingerprint density at radius 3 is 3.00 bits per heavy atom. The second kappa shape index (κ2) is 3.91. The lowest BCUT2D eigenvalue weighted by molar-refractivity contribution is 0.0254. The molecule has 0 atom stereocenters. The number of fused-ring (bicyclic) bond motifs is 1. The molecule has 1 saturated heterocycles. The normalized spacial score (nSPS) is 18.1. The average Bonchev–Trinajstić information content (AvgIpc) is 2.90.